The number of H-pyrrole nitrogens is 1. The second-order valence-corrected chi connectivity index (χ2v) is 7.46. The lowest BCUT2D eigenvalue weighted by Crippen LogP contribution is -2.49. The maximum absolute atomic E-state index is 12.2. The minimum absolute atomic E-state index is 0.270. The lowest BCUT2D eigenvalue weighted by Gasteiger charge is -2.35. The van der Waals surface area contributed by atoms with Crippen molar-refractivity contribution in [1.29, 1.82) is 5.26 Å². The Balaban J connectivity index is 1.66. The van der Waals surface area contributed by atoms with Crippen molar-refractivity contribution >= 4 is 6.09 Å². The number of hydrogen-bond donors (Lipinski definition) is 1. The molecular formula is C18H23N7O2. The van der Waals surface area contributed by atoms with Gasteiger partial charge in [-0.15, -0.1) is 10.2 Å². The van der Waals surface area contributed by atoms with Crippen LogP contribution in [0.3, 0.4) is 0 Å². The lowest BCUT2D eigenvalue weighted by atomic mass is 10.0. The van der Waals surface area contributed by atoms with Crippen LogP contribution in [0.2, 0.25) is 0 Å². The molecule has 2 aromatic rings. The highest BCUT2D eigenvalue weighted by Crippen LogP contribution is 2.23. The van der Waals surface area contributed by atoms with E-state index in [1.54, 1.807) is 17.0 Å². The van der Waals surface area contributed by atoms with Crippen LogP contribution >= 0.6 is 0 Å². The minimum atomic E-state index is -0.490. The number of nitriles is 1. The molecule has 1 fully saturated rings. The average molecular weight is 369 g/mol. The average Bonchev–Trinajstić information content (AvgIpc) is 3.15. The zero-order valence-corrected chi connectivity index (χ0v) is 15.8. The van der Waals surface area contributed by atoms with Crippen molar-refractivity contribution in [2.24, 2.45) is 0 Å². The van der Waals surface area contributed by atoms with E-state index in [-0.39, 0.29) is 6.09 Å². The van der Waals surface area contributed by atoms with Gasteiger partial charge in [-0.05, 0) is 43.7 Å². The predicted molar refractivity (Wildman–Crippen MR) is 97.4 cm³/mol. The molecule has 9 heteroatoms. The molecule has 0 bridgehead atoms. The Morgan fingerprint density at radius 1 is 1.30 bits per heavy atom. The Kier molecular flexibility index (Phi) is 5.37. The Morgan fingerprint density at radius 2 is 2.04 bits per heavy atom. The smallest absolute Gasteiger partial charge is 0.410 e. The van der Waals surface area contributed by atoms with E-state index in [1.165, 1.54) is 0 Å². The first-order valence-corrected chi connectivity index (χ1v) is 8.83. The number of amides is 1. The van der Waals surface area contributed by atoms with Crippen LogP contribution in [0, 0.1) is 11.3 Å². The molecule has 9 nitrogen and oxygen atoms in total. The van der Waals surface area contributed by atoms with Gasteiger partial charge >= 0.3 is 6.09 Å². The Labute approximate surface area is 157 Å². The van der Waals surface area contributed by atoms with Gasteiger partial charge in [-0.3, -0.25) is 4.90 Å². The highest BCUT2D eigenvalue weighted by molar-refractivity contribution is 5.68. The van der Waals surface area contributed by atoms with Gasteiger partial charge in [0.15, 0.2) is 0 Å². The molecule has 1 amide bonds. The fourth-order valence-corrected chi connectivity index (χ4v) is 2.92. The van der Waals surface area contributed by atoms with Gasteiger partial charge in [-0.2, -0.15) is 10.5 Å². The zero-order chi connectivity index (χ0) is 19.4. The molecule has 0 aliphatic carbocycles. The summed E-state index contributed by atoms with van der Waals surface area (Å²) in [4.78, 5) is 16.2. The second-order valence-electron chi connectivity index (χ2n) is 7.46. The number of tetrazole rings is 1. The first kappa shape index (κ1) is 18.8. The summed E-state index contributed by atoms with van der Waals surface area (Å²) in [5, 5.41) is 23.3. The molecule has 1 N–H and O–H groups in total. The fraction of sp³-hybridized carbons (Fsp3) is 0.500. The standard InChI is InChI=1S/C18H23N7O2/c1-18(2,3)27-17(26)25-8-6-24(7-9-25)12-14-5-4-13(11-19)10-15(14)16-20-22-23-21-16/h4-5,10H,6-9,12H2,1-3H3,(H,20,21,22,23). The highest BCUT2D eigenvalue weighted by Gasteiger charge is 2.26. The molecule has 2 heterocycles. The van der Waals surface area contributed by atoms with E-state index in [4.69, 9.17) is 10.00 Å². The lowest BCUT2D eigenvalue weighted by molar-refractivity contribution is 0.0139. The number of nitrogens with zero attached hydrogens (tertiary/aromatic N) is 6. The van der Waals surface area contributed by atoms with Gasteiger partial charge in [-0.25, -0.2) is 4.79 Å². The van der Waals surface area contributed by atoms with Gasteiger partial charge in [0.2, 0.25) is 5.82 Å². The van der Waals surface area contributed by atoms with Gasteiger partial charge in [0.05, 0.1) is 11.6 Å². The first-order valence-electron chi connectivity index (χ1n) is 8.83. The molecule has 142 valence electrons. The highest BCUT2D eigenvalue weighted by atomic mass is 16.6. The van der Waals surface area contributed by atoms with Crippen LogP contribution in [0.4, 0.5) is 4.79 Å². The minimum Gasteiger partial charge on any atom is -0.444 e. The summed E-state index contributed by atoms with van der Waals surface area (Å²) in [7, 11) is 0. The largest absolute Gasteiger partial charge is 0.444 e. The molecule has 0 saturated carbocycles. The number of hydrogen-bond acceptors (Lipinski definition) is 7. The zero-order valence-electron chi connectivity index (χ0n) is 15.8. The maximum atomic E-state index is 12.2. The van der Waals surface area contributed by atoms with Gasteiger partial charge in [-0.1, -0.05) is 6.07 Å². The van der Waals surface area contributed by atoms with Gasteiger partial charge in [0, 0.05) is 38.3 Å². The Bertz CT molecular complexity index is 828. The van der Waals surface area contributed by atoms with E-state index in [1.807, 2.05) is 26.8 Å². The van der Waals surface area contributed by atoms with Crippen molar-refractivity contribution < 1.29 is 9.53 Å². The van der Waals surface area contributed by atoms with Crippen LogP contribution in [-0.4, -0.2) is 68.3 Å². The normalized spacial score (nSPS) is 15.4. The topological polar surface area (TPSA) is 111 Å². The van der Waals surface area contributed by atoms with Crippen LogP contribution in [0.5, 0.6) is 0 Å². The SMILES string of the molecule is CC(C)(C)OC(=O)N1CCN(Cc2ccc(C#N)cc2-c2nn[nH]n2)CC1. The predicted octanol–water partition coefficient (Wildman–Crippen LogP) is 1.79. The van der Waals surface area contributed by atoms with E-state index >= 15 is 0 Å². The summed E-state index contributed by atoms with van der Waals surface area (Å²) in [5.74, 6) is 0.467. The Morgan fingerprint density at radius 3 is 2.63 bits per heavy atom. The van der Waals surface area contributed by atoms with Gasteiger partial charge in [0.25, 0.3) is 0 Å². The van der Waals surface area contributed by atoms with Gasteiger partial charge < -0.3 is 9.64 Å². The van der Waals surface area contributed by atoms with Crippen molar-refractivity contribution in [3.63, 3.8) is 0 Å². The molecule has 1 aromatic carbocycles. The molecule has 0 unspecified atom stereocenters. The summed E-state index contributed by atoms with van der Waals surface area (Å²) < 4.78 is 5.44. The monoisotopic (exact) mass is 369 g/mol. The van der Waals surface area contributed by atoms with Crippen LogP contribution in [0.25, 0.3) is 11.4 Å². The number of rotatable bonds is 3. The number of benzene rings is 1. The van der Waals surface area contributed by atoms with Crippen molar-refractivity contribution in [3.8, 4) is 17.5 Å². The molecule has 0 atom stereocenters. The number of aromatic nitrogens is 4. The fourth-order valence-electron chi connectivity index (χ4n) is 2.92. The number of piperazine rings is 1. The molecule has 1 aliphatic rings. The number of carbonyl (C=O) groups excluding carboxylic acids is 1. The number of carbonyl (C=O) groups is 1. The van der Waals surface area contributed by atoms with Crippen LogP contribution in [0.15, 0.2) is 18.2 Å². The Hall–Kier alpha value is -2.99. The molecule has 1 saturated heterocycles. The number of aromatic amines is 1. The van der Waals surface area contributed by atoms with E-state index in [0.717, 1.165) is 24.2 Å². The van der Waals surface area contributed by atoms with Crippen molar-refractivity contribution in [1.82, 2.24) is 30.4 Å². The van der Waals surface area contributed by atoms with Crippen LogP contribution < -0.4 is 0 Å². The molecule has 3 rings (SSSR count). The third kappa shape index (κ3) is 4.80. The van der Waals surface area contributed by atoms with E-state index in [9.17, 15) is 4.79 Å². The molecule has 0 radical (unpaired) electrons. The number of nitrogens with one attached hydrogen (secondary N) is 1. The summed E-state index contributed by atoms with van der Waals surface area (Å²) >= 11 is 0. The molecule has 27 heavy (non-hydrogen) atoms. The molecule has 0 spiro atoms. The summed E-state index contributed by atoms with van der Waals surface area (Å²) in [5.41, 5.74) is 1.86. The molecule has 1 aromatic heterocycles. The van der Waals surface area contributed by atoms with Crippen molar-refractivity contribution in [2.45, 2.75) is 32.9 Å². The summed E-state index contributed by atoms with van der Waals surface area (Å²) in [6, 6.07) is 7.62. The molecular weight excluding hydrogens is 346 g/mol. The summed E-state index contributed by atoms with van der Waals surface area (Å²) in [6.45, 7) is 8.99. The third-order valence-electron chi connectivity index (χ3n) is 4.24. The quantitative estimate of drug-likeness (QED) is 0.878. The number of ether oxygens (including phenoxy) is 1. The van der Waals surface area contributed by atoms with E-state index < -0.39 is 5.60 Å². The summed E-state index contributed by atoms with van der Waals surface area (Å²) in [6.07, 6.45) is -0.270. The van der Waals surface area contributed by atoms with Crippen LogP contribution in [-0.2, 0) is 11.3 Å². The van der Waals surface area contributed by atoms with Gasteiger partial charge in [0.1, 0.15) is 5.60 Å². The van der Waals surface area contributed by atoms with Crippen LogP contribution in [0.1, 0.15) is 31.9 Å². The molecule has 1 aliphatic heterocycles. The third-order valence-corrected chi connectivity index (χ3v) is 4.24. The maximum Gasteiger partial charge on any atom is 0.410 e. The van der Waals surface area contributed by atoms with Crippen molar-refractivity contribution in [2.75, 3.05) is 26.2 Å². The van der Waals surface area contributed by atoms with E-state index in [2.05, 4.69) is 31.6 Å². The second kappa shape index (κ2) is 7.72. The first-order chi connectivity index (χ1) is 12.9. The van der Waals surface area contributed by atoms with Crippen molar-refractivity contribution in [3.05, 3.63) is 29.3 Å². The van der Waals surface area contributed by atoms with E-state index in [0.29, 0.717) is 31.0 Å².